The first-order valence-corrected chi connectivity index (χ1v) is 10.4. The van der Waals surface area contributed by atoms with Crippen molar-refractivity contribution in [1.29, 1.82) is 0 Å². The number of imidazole rings is 1. The summed E-state index contributed by atoms with van der Waals surface area (Å²) in [4.78, 5) is 21.4. The van der Waals surface area contributed by atoms with Crippen LogP contribution < -0.4 is 0 Å². The van der Waals surface area contributed by atoms with Gasteiger partial charge in [0.05, 0.1) is 32.3 Å². The zero-order valence-electron chi connectivity index (χ0n) is 15.8. The van der Waals surface area contributed by atoms with Crippen LogP contribution in [-0.2, 0) is 0 Å². The Balaban J connectivity index is 1.81. The maximum atomic E-state index is 15.0. The number of H-pyrrole nitrogens is 3. The summed E-state index contributed by atoms with van der Waals surface area (Å²) in [6.45, 7) is 0. The summed E-state index contributed by atoms with van der Waals surface area (Å²) < 4.78 is 16.0. The molecular weight excluding hydrogens is 413 g/mol. The molecule has 0 radical (unpaired) electrons. The van der Waals surface area contributed by atoms with Gasteiger partial charge in [-0.2, -0.15) is 5.10 Å². The van der Waals surface area contributed by atoms with Gasteiger partial charge in [-0.05, 0) is 30.3 Å². The number of pyridine rings is 2. The third-order valence-electron chi connectivity index (χ3n) is 5.43. The Morgan fingerprint density at radius 1 is 0.871 bits per heavy atom. The molecule has 1 aromatic carbocycles. The molecule has 0 aliphatic rings. The average molecular weight is 425 g/mol. The number of aromatic nitrogens is 7. The van der Waals surface area contributed by atoms with Crippen LogP contribution in [0.5, 0.6) is 0 Å². The molecule has 0 amide bonds. The van der Waals surface area contributed by atoms with Gasteiger partial charge in [0.2, 0.25) is 0 Å². The molecule has 0 fully saturated rings. The first kappa shape index (κ1) is 16.7. The highest BCUT2D eigenvalue weighted by Gasteiger charge is 2.12. The van der Waals surface area contributed by atoms with Gasteiger partial charge in [0, 0.05) is 34.6 Å². The number of nitrogens with zero attached hydrogens (tertiary/aromatic N) is 4. The molecule has 0 saturated carbocycles. The van der Waals surface area contributed by atoms with Crippen LogP contribution in [0.2, 0.25) is 0 Å². The van der Waals surface area contributed by atoms with Crippen molar-refractivity contribution < 1.29 is 4.39 Å². The molecular formula is C22H12FN7S. The molecule has 6 heterocycles. The topological polar surface area (TPSA) is 98.9 Å². The van der Waals surface area contributed by atoms with Gasteiger partial charge in [0.25, 0.3) is 0 Å². The highest BCUT2D eigenvalue weighted by atomic mass is 32.1. The van der Waals surface area contributed by atoms with E-state index in [4.69, 9.17) is 4.98 Å². The third kappa shape index (κ3) is 2.44. The Bertz CT molecular complexity index is 1870. The lowest BCUT2D eigenvalue weighted by molar-refractivity contribution is 0.641. The van der Waals surface area contributed by atoms with Crippen LogP contribution in [0, 0.1) is 5.82 Å². The fourth-order valence-electron chi connectivity index (χ4n) is 4.00. The predicted octanol–water partition coefficient (Wildman–Crippen LogP) is 5.50. The number of benzene rings is 1. The van der Waals surface area contributed by atoms with Crippen molar-refractivity contribution in [2.75, 3.05) is 0 Å². The number of thiophene rings is 1. The zero-order chi connectivity index (χ0) is 20.5. The van der Waals surface area contributed by atoms with E-state index >= 15 is 0 Å². The molecule has 0 atom stereocenters. The van der Waals surface area contributed by atoms with E-state index in [9.17, 15) is 4.39 Å². The van der Waals surface area contributed by atoms with Gasteiger partial charge < -0.3 is 9.97 Å². The first-order valence-electron chi connectivity index (χ1n) is 9.58. The fourth-order valence-corrected chi connectivity index (χ4v) is 4.92. The minimum Gasteiger partial charge on any atom is -0.346 e. The van der Waals surface area contributed by atoms with Crippen molar-refractivity contribution in [3.8, 4) is 0 Å². The Morgan fingerprint density at radius 2 is 1.84 bits per heavy atom. The standard InChI is InChI=1S/C22H12FN7S/c23-14-7-16-13-6-12(14)10-5-11(9-24-8-10)26-18-2-1-17(31-18)21-20-15(3-4-25-21)27-22(28-20)19(13)30-29-16/h1-9,26H,(H,27,28)(H,29,30). The van der Waals surface area contributed by atoms with E-state index in [0.29, 0.717) is 27.5 Å². The summed E-state index contributed by atoms with van der Waals surface area (Å²) in [7, 11) is 0. The largest absolute Gasteiger partial charge is 0.346 e. The summed E-state index contributed by atoms with van der Waals surface area (Å²) in [6.07, 6.45) is 5.14. The second kappa shape index (κ2) is 5.96. The molecule has 0 spiro atoms. The Morgan fingerprint density at radius 3 is 2.81 bits per heavy atom. The first-order chi connectivity index (χ1) is 15.2. The highest BCUT2D eigenvalue weighted by Crippen LogP contribution is 2.29. The summed E-state index contributed by atoms with van der Waals surface area (Å²) in [5.74, 6) is -0.347. The normalized spacial score (nSPS) is 12.0. The van der Waals surface area contributed by atoms with Crippen molar-refractivity contribution in [3.05, 3.63) is 60.8 Å². The number of rotatable bonds is 0. The van der Waals surface area contributed by atoms with Crippen LogP contribution in [0.25, 0.3) is 64.4 Å². The number of fused-ring (bicyclic) bond motifs is 9. The van der Waals surface area contributed by atoms with Gasteiger partial charge in [-0.3, -0.25) is 15.1 Å². The van der Waals surface area contributed by atoms with Crippen LogP contribution >= 0.6 is 11.3 Å². The van der Waals surface area contributed by atoms with Crippen molar-refractivity contribution in [2.45, 2.75) is 0 Å². The van der Waals surface area contributed by atoms with Crippen molar-refractivity contribution in [2.24, 2.45) is 0 Å². The highest BCUT2D eigenvalue weighted by molar-refractivity contribution is 7.23. The van der Waals surface area contributed by atoms with Gasteiger partial charge in [0.15, 0.2) is 5.65 Å². The lowest BCUT2D eigenvalue weighted by atomic mass is 10.1. The van der Waals surface area contributed by atoms with E-state index in [-0.39, 0.29) is 5.82 Å². The van der Waals surface area contributed by atoms with Crippen LogP contribution in [0.4, 0.5) is 4.39 Å². The quantitative estimate of drug-likeness (QED) is 0.299. The molecule has 0 aliphatic heterocycles. The average Bonchev–Trinajstić information content (AvgIpc) is 3.50. The van der Waals surface area contributed by atoms with Crippen LogP contribution in [-0.4, -0.2) is 35.1 Å². The van der Waals surface area contributed by atoms with Crippen LogP contribution in [0.15, 0.2) is 55.0 Å². The molecule has 31 heavy (non-hydrogen) atoms. The smallest absolute Gasteiger partial charge is 0.159 e. The molecule has 148 valence electrons. The maximum absolute atomic E-state index is 15.0. The Hall–Kier alpha value is -4.11. The van der Waals surface area contributed by atoms with E-state index < -0.39 is 0 Å². The second-order valence-corrected chi connectivity index (χ2v) is 8.43. The zero-order valence-corrected chi connectivity index (χ0v) is 16.6. The molecule has 9 heteroatoms. The molecule has 0 unspecified atom stereocenters. The van der Waals surface area contributed by atoms with Crippen LogP contribution in [0.3, 0.4) is 0 Å². The van der Waals surface area contributed by atoms with E-state index in [1.54, 1.807) is 36.0 Å². The molecule has 7 aromatic rings. The van der Waals surface area contributed by atoms with E-state index in [2.05, 4.69) is 30.1 Å². The number of aromatic amines is 3. The van der Waals surface area contributed by atoms with Gasteiger partial charge in [0.1, 0.15) is 22.4 Å². The van der Waals surface area contributed by atoms with Gasteiger partial charge >= 0.3 is 0 Å². The van der Waals surface area contributed by atoms with Crippen molar-refractivity contribution in [3.63, 3.8) is 0 Å². The Kier molecular flexibility index (Phi) is 3.20. The summed E-state index contributed by atoms with van der Waals surface area (Å²) >= 11 is 1.57. The van der Waals surface area contributed by atoms with Gasteiger partial charge in [-0.15, -0.1) is 11.3 Å². The Labute approximate surface area is 176 Å². The molecule has 0 saturated heterocycles. The van der Waals surface area contributed by atoms with E-state index in [0.717, 1.165) is 37.0 Å². The molecule has 7 rings (SSSR count). The second-order valence-electron chi connectivity index (χ2n) is 7.34. The SMILES string of the molecule is Fc1cc2[nH]nc3c4nc5c(ccnc5c5ccc([nH]c6cncc(c6)c1cc23)s5)[nH]4. The monoisotopic (exact) mass is 425 g/mol. The molecule has 8 bridgehead atoms. The number of halogens is 1. The van der Waals surface area contributed by atoms with Gasteiger partial charge in [-0.25, -0.2) is 9.37 Å². The number of nitrogens with one attached hydrogen (secondary N) is 3. The minimum atomic E-state index is -0.347. The van der Waals surface area contributed by atoms with Crippen LogP contribution in [0.1, 0.15) is 0 Å². The minimum absolute atomic E-state index is 0.347. The van der Waals surface area contributed by atoms with E-state index in [1.165, 1.54) is 6.07 Å². The third-order valence-corrected chi connectivity index (χ3v) is 6.44. The lowest BCUT2D eigenvalue weighted by Gasteiger charge is -1.98. The summed E-state index contributed by atoms with van der Waals surface area (Å²) in [6, 6.07) is 11.0. The fraction of sp³-hybridized carbons (Fsp3) is 0. The summed E-state index contributed by atoms with van der Waals surface area (Å²) in [5, 5.41) is 9.25. The molecule has 6 aromatic heterocycles. The number of hydrogen-bond donors (Lipinski definition) is 3. The number of hydrogen-bond acceptors (Lipinski definition) is 5. The predicted molar refractivity (Wildman–Crippen MR) is 121 cm³/mol. The van der Waals surface area contributed by atoms with Crippen molar-refractivity contribution >= 4 is 75.8 Å². The molecule has 3 N–H and O–H groups in total. The van der Waals surface area contributed by atoms with Gasteiger partial charge in [-0.1, -0.05) is 0 Å². The van der Waals surface area contributed by atoms with E-state index in [1.807, 2.05) is 24.3 Å². The summed E-state index contributed by atoms with van der Waals surface area (Å²) in [5.41, 5.74) is 5.03. The van der Waals surface area contributed by atoms with Crippen molar-refractivity contribution in [1.82, 2.24) is 35.1 Å². The molecule has 7 nitrogen and oxygen atoms in total. The maximum Gasteiger partial charge on any atom is 0.159 e. The lowest BCUT2D eigenvalue weighted by Crippen LogP contribution is -1.81. The molecule has 0 aliphatic carbocycles.